The molecule has 0 spiro atoms. The Morgan fingerprint density at radius 3 is 2.60 bits per heavy atom. The highest BCUT2D eigenvalue weighted by Gasteiger charge is 2.44. The van der Waals surface area contributed by atoms with E-state index in [2.05, 4.69) is 42.8 Å². The van der Waals surface area contributed by atoms with Crippen LogP contribution < -0.4 is 4.74 Å². The number of nitrogens with zero attached hydrogens (tertiary/aromatic N) is 3. The highest BCUT2D eigenvalue weighted by atomic mass is 16.5. The molecule has 0 unspecified atom stereocenters. The smallest absolute Gasteiger partial charge is 0.236 e. The van der Waals surface area contributed by atoms with Gasteiger partial charge in [0.1, 0.15) is 11.9 Å². The van der Waals surface area contributed by atoms with Gasteiger partial charge in [-0.15, -0.1) is 0 Å². The summed E-state index contributed by atoms with van der Waals surface area (Å²) in [6, 6.07) is 6.11. The van der Waals surface area contributed by atoms with E-state index in [1.165, 1.54) is 11.1 Å². The van der Waals surface area contributed by atoms with E-state index in [1.54, 1.807) is 0 Å². The molecule has 1 aromatic rings. The Morgan fingerprint density at radius 2 is 1.83 bits per heavy atom. The van der Waals surface area contributed by atoms with E-state index in [-0.39, 0.29) is 12.0 Å². The number of likely N-dealkylation sites (tertiary alicyclic amines) is 1. The molecule has 1 N–H and O–H groups in total. The Balaban J connectivity index is 1.32. The highest BCUT2D eigenvalue weighted by Crippen LogP contribution is 2.38. The van der Waals surface area contributed by atoms with Crippen LogP contribution in [-0.4, -0.2) is 90.8 Å². The lowest BCUT2D eigenvalue weighted by Crippen LogP contribution is -2.42. The monoisotopic (exact) mass is 415 g/mol. The van der Waals surface area contributed by atoms with Crippen molar-refractivity contribution >= 4 is 5.91 Å². The highest BCUT2D eigenvalue weighted by molar-refractivity contribution is 5.78. The fourth-order valence-corrected chi connectivity index (χ4v) is 5.23. The average Bonchev–Trinajstić information content (AvgIpc) is 3.00. The van der Waals surface area contributed by atoms with Crippen molar-refractivity contribution in [3.8, 4) is 5.75 Å². The second kappa shape index (κ2) is 9.25. The van der Waals surface area contributed by atoms with Crippen LogP contribution in [-0.2, 0) is 4.79 Å². The van der Waals surface area contributed by atoms with Crippen molar-refractivity contribution in [3.63, 3.8) is 0 Å². The number of hydrogen-bond donors (Lipinski definition) is 1. The third-order valence-corrected chi connectivity index (χ3v) is 7.37. The Bertz CT molecular complexity index is 755. The summed E-state index contributed by atoms with van der Waals surface area (Å²) in [7, 11) is 2.15. The summed E-state index contributed by atoms with van der Waals surface area (Å²) in [6.45, 7) is 10.4. The Labute approximate surface area is 180 Å². The van der Waals surface area contributed by atoms with Crippen molar-refractivity contribution in [2.24, 2.45) is 11.8 Å². The van der Waals surface area contributed by atoms with Gasteiger partial charge in [0.25, 0.3) is 0 Å². The number of hydrogen-bond acceptors (Lipinski definition) is 5. The molecule has 1 saturated carbocycles. The molecule has 0 bridgehead atoms. The van der Waals surface area contributed by atoms with Crippen molar-refractivity contribution in [3.05, 3.63) is 29.3 Å². The first-order chi connectivity index (χ1) is 14.4. The molecular formula is C24H37N3O3. The lowest BCUT2D eigenvalue weighted by Gasteiger charge is -2.35. The zero-order chi connectivity index (χ0) is 21.3. The minimum absolute atomic E-state index is 0.190. The Kier molecular flexibility index (Phi) is 6.66. The number of rotatable bonds is 4. The van der Waals surface area contributed by atoms with Crippen molar-refractivity contribution in [2.45, 2.75) is 45.3 Å². The number of carbonyl (C=O) groups is 1. The SMILES string of the molecule is Cc1ccc(O[C@@H]2C[C@@H]3CN(C(=O)CN4CCCN(C)CC4)C[C@@H]3C[C@H]2O)cc1C. The third kappa shape index (κ3) is 4.98. The van der Waals surface area contributed by atoms with Gasteiger partial charge in [-0.2, -0.15) is 0 Å². The molecule has 4 rings (SSSR count). The van der Waals surface area contributed by atoms with Crippen LogP contribution in [0.3, 0.4) is 0 Å². The number of amides is 1. The first kappa shape index (κ1) is 21.6. The van der Waals surface area contributed by atoms with E-state index in [1.807, 2.05) is 11.0 Å². The molecule has 2 aliphatic heterocycles. The minimum atomic E-state index is -0.468. The van der Waals surface area contributed by atoms with Gasteiger partial charge in [0.2, 0.25) is 5.91 Å². The first-order valence-corrected chi connectivity index (χ1v) is 11.5. The lowest BCUT2D eigenvalue weighted by molar-refractivity contribution is -0.131. The molecule has 30 heavy (non-hydrogen) atoms. The Morgan fingerprint density at radius 1 is 1.07 bits per heavy atom. The van der Waals surface area contributed by atoms with E-state index in [4.69, 9.17) is 4.74 Å². The number of benzene rings is 1. The normalized spacial score (nSPS) is 30.7. The summed E-state index contributed by atoms with van der Waals surface area (Å²) in [4.78, 5) is 19.6. The van der Waals surface area contributed by atoms with Crippen LogP contribution >= 0.6 is 0 Å². The molecule has 2 saturated heterocycles. The predicted molar refractivity (Wildman–Crippen MR) is 118 cm³/mol. The van der Waals surface area contributed by atoms with Crippen molar-refractivity contribution in [1.82, 2.24) is 14.7 Å². The molecule has 3 fully saturated rings. The number of aliphatic hydroxyl groups is 1. The van der Waals surface area contributed by atoms with Gasteiger partial charge < -0.3 is 19.6 Å². The quantitative estimate of drug-likeness (QED) is 0.814. The molecule has 4 atom stereocenters. The van der Waals surface area contributed by atoms with Gasteiger partial charge >= 0.3 is 0 Å². The molecule has 0 radical (unpaired) electrons. The van der Waals surface area contributed by atoms with E-state index in [9.17, 15) is 9.90 Å². The van der Waals surface area contributed by atoms with Gasteiger partial charge in [-0.3, -0.25) is 9.69 Å². The van der Waals surface area contributed by atoms with E-state index >= 15 is 0 Å². The van der Waals surface area contributed by atoms with Crippen LogP contribution in [0.4, 0.5) is 0 Å². The zero-order valence-electron chi connectivity index (χ0n) is 18.7. The Hall–Kier alpha value is -1.63. The molecule has 0 aromatic heterocycles. The second-order valence-corrected chi connectivity index (χ2v) is 9.69. The van der Waals surface area contributed by atoms with Crippen LogP contribution in [0.2, 0.25) is 0 Å². The van der Waals surface area contributed by atoms with Crippen molar-refractivity contribution < 1.29 is 14.6 Å². The van der Waals surface area contributed by atoms with Crippen LogP contribution in [0.1, 0.15) is 30.4 Å². The molecule has 1 aliphatic carbocycles. The van der Waals surface area contributed by atoms with Crippen molar-refractivity contribution in [1.29, 1.82) is 0 Å². The number of carbonyl (C=O) groups excluding carboxylic acids is 1. The fourth-order valence-electron chi connectivity index (χ4n) is 5.23. The lowest BCUT2D eigenvalue weighted by atomic mass is 9.78. The molecule has 3 aliphatic rings. The number of aliphatic hydroxyl groups excluding tert-OH is 1. The maximum atomic E-state index is 13.0. The van der Waals surface area contributed by atoms with E-state index < -0.39 is 6.10 Å². The summed E-state index contributed by atoms with van der Waals surface area (Å²) in [5.41, 5.74) is 2.45. The van der Waals surface area contributed by atoms with Crippen molar-refractivity contribution in [2.75, 3.05) is 52.9 Å². The maximum absolute atomic E-state index is 13.0. The fraction of sp³-hybridized carbons (Fsp3) is 0.708. The summed E-state index contributed by atoms with van der Waals surface area (Å²) in [5, 5.41) is 10.7. The second-order valence-electron chi connectivity index (χ2n) is 9.69. The zero-order valence-corrected chi connectivity index (χ0v) is 18.7. The summed E-state index contributed by atoms with van der Waals surface area (Å²) < 4.78 is 6.19. The number of likely N-dealkylation sites (N-methyl/N-ethyl adjacent to an activating group) is 1. The predicted octanol–water partition coefficient (Wildman–Crippen LogP) is 1.92. The van der Waals surface area contributed by atoms with Gasteiger partial charge in [-0.1, -0.05) is 6.07 Å². The summed E-state index contributed by atoms with van der Waals surface area (Å²) in [5.74, 6) is 1.88. The summed E-state index contributed by atoms with van der Waals surface area (Å²) >= 11 is 0. The standard InChI is InChI=1S/C24H37N3O3/c1-17-5-6-21(11-18(17)2)30-23-13-20-15-27(14-19(20)12-22(23)28)24(29)16-26-8-4-7-25(3)9-10-26/h5-6,11,19-20,22-23,28H,4,7-10,12-16H2,1-3H3/t19-,20+,22+,23+/m0/s1. The number of ether oxygens (including phenoxy) is 1. The van der Waals surface area contributed by atoms with Gasteiger partial charge in [0.15, 0.2) is 0 Å². The molecule has 6 nitrogen and oxygen atoms in total. The van der Waals surface area contributed by atoms with Crippen LogP contribution in [0.5, 0.6) is 5.75 Å². The number of fused-ring (bicyclic) bond motifs is 1. The molecule has 2 heterocycles. The van der Waals surface area contributed by atoms with E-state index in [0.717, 1.165) is 64.3 Å². The molecular weight excluding hydrogens is 378 g/mol. The van der Waals surface area contributed by atoms with Crippen LogP contribution in [0.25, 0.3) is 0 Å². The van der Waals surface area contributed by atoms with Gasteiger partial charge in [-0.05, 0) is 88.3 Å². The largest absolute Gasteiger partial charge is 0.488 e. The van der Waals surface area contributed by atoms with Crippen LogP contribution in [0.15, 0.2) is 18.2 Å². The van der Waals surface area contributed by atoms with Gasteiger partial charge in [0.05, 0.1) is 12.6 Å². The van der Waals surface area contributed by atoms with Gasteiger partial charge in [0, 0.05) is 26.2 Å². The first-order valence-electron chi connectivity index (χ1n) is 11.5. The molecule has 1 aromatic carbocycles. The maximum Gasteiger partial charge on any atom is 0.236 e. The number of aryl methyl sites for hydroxylation is 2. The minimum Gasteiger partial charge on any atom is -0.488 e. The van der Waals surface area contributed by atoms with Crippen LogP contribution in [0, 0.1) is 25.7 Å². The topological polar surface area (TPSA) is 56.2 Å². The molecule has 6 heteroatoms. The average molecular weight is 416 g/mol. The van der Waals surface area contributed by atoms with E-state index in [0.29, 0.717) is 18.4 Å². The third-order valence-electron chi connectivity index (χ3n) is 7.37. The van der Waals surface area contributed by atoms with Gasteiger partial charge in [-0.25, -0.2) is 0 Å². The molecule has 1 amide bonds. The molecule has 166 valence electrons. The summed E-state index contributed by atoms with van der Waals surface area (Å²) in [6.07, 6.45) is 2.00.